The molecule has 0 spiro atoms. The molecule has 0 aliphatic carbocycles. The number of methoxy groups -OCH3 is 1. The number of quaternary nitrogens is 1. The van der Waals surface area contributed by atoms with Crippen molar-refractivity contribution in [3.63, 3.8) is 0 Å². The van der Waals surface area contributed by atoms with Gasteiger partial charge in [0.05, 0.1) is 38.9 Å². The Labute approximate surface area is 169 Å². The maximum absolute atomic E-state index is 13.5. The molecule has 8 nitrogen and oxygen atoms in total. The second kappa shape index (κ2) is 8.36. The van der Waals surface area contributed by atoms with Crippen molar-refractivity contribution in [2.45, 2.75) is 32.4 Å². The third-order valence-corrected chi connectivity index (χ3v) is 5.50. The van der Waals surface area contributed by atoms with Crippen LogP contribution in [0.2, 0.25) is 0 Å². The van der Waals surface area contributed by atoms with E-state index in [0.29, 0.717) is 25.4 Å². The van der Waals surface area contributed by atoms with Gasteiger partial charge in [-0.1, -0.05) is 0 Å². The van der Waals surface area contributed by atoms with Gasteiger partial charge in [-0.2, -0.15) is 0 Å². The van der Waals surface area contributed by atoms with Crippen LogP contribution < -0.4 is 15.0 Å². The first-order valence-electron chi connectivity index (χ1n) is 9.79. The maximum atomic E-state index is 13.5. The molecule has 0 aromatic heterocycles. The van der Waals surface area contributed by atoms with E-state index in [-0.39, 0.29) is 30.6 Å². The second-order valence-corrected chi connectivity index (χ2v) is 8.03. The molecule has 2 fully saturated rings. The van der Waals surface area contributed by atoms with E-state index in [2.05, 4.69) is 5.32 Å². The molecule has 2 aliphatic heterocycles. The monoisotopic (exact) mass is 407 g/mol. The number of amides is 4. The number of nitrogens with zero attached hydrogens (tertiary/aromatic N) is 2. The van der Waals surface area contributed by atoms with Gasteiger partial charge in [0.1, 0.15) is 23.7 Å². The zero-order chi connectivity index (χ0) is 21.2. The van der Waals surface area contributed by atoms with Crippen molar-refractivity contribution >= 4 is 17.8 Å². The van der Waals surface area contributed by atoms with Gasteiger partial charge in [-0.05, 0) is 32.0 Å². The summed E-state index contributed by atoms with van der Waals surface area (Å²) in [5.74, 6) is -0.0159. The van der Waals surface area contributed by atoms with E-state index in [1.807, 2.05) is 0 Å². The number of benzene rings is 1. The van der Waals surface area contributed by atoms with Crippen molar-refractivity contribution in [2.24, 2.45) is 0 Å². The molecule has 2 heterocycles. The molecule has 1 aromatic rings. The van der Waals surface area contributed by atoms with E-state index in [1.54, 1.807) is 31.9 Å². The van der Waals surface area contributed by atoms with Crippen LogP contribution >= 0.6 is 0 Å². The molecule has 3 rings (SSSR count). The molecule has 29 heavy (non-hydrogen) atoms. The number of nitrogens with one attached hydrogen (secondary N) is 2. The number of carbonyl (C=O) groups is 3. The van der Waals surface area contributed by atoms with Gasteiger partial charge in [0.2, 0.25) is 5.91 Å². The van der Waals surface area contributed by atoms with Crippen LogP contribution in [0.15, 0.2) is 18.2 Å². The lowest BCUT2D eigenvalue weighted by molar-refractivity contribution is -0.917. The summed E-state index contributed by atoms with van der Waals surface area (Å²) >= 11 is 0. The van der Waals surface area contributed by atoms with E-state index in [9.17, 15) is 18.8 Å². The molecule has 0 atom stereocenters. The van der Waals surface area contributed by atoms with Crippen molar-refractivity contribution < 1.29 is 28.4 Å². The highest BCUT2D eigenvalue weighted by atomic mass is 19.1. The topological polar surface area (TPSA) is 83.4 Å². The lowest BCUT2D eigenvalue weighted by Crippen LogP contribution is -3.13. The summed E-state index contributed by atoms with van der Waals surface area (Å²) in [5, 5.41) is 2.61. The second-order valence-electron chi connectivity index (χ2n) is 8.03. The van der Waals surface area contributed by atoms with Crippen LogP contribution in [0.5, 0.6) is 5.75 Å². The van der Waals surface area contributed by atoms with E-state index >= 15 is 0 Å². The number of halogens is 1. The van der Waals surface area contributed by atoms with E-state index in [4.69, 9.17) is 4.74 Å². The minimum atomic E-state index is -0.924. The Morgan fingerprint density at radius 2 is 1.97 bits per heavy atom. The Morgan fingerprint density at radius 1 is 1.28 bits per heavy atom. The number of hydrogen-bond acceptors (Lipinski definition) is 4. The minimum Gasteiger partial charge on any atom is -0.496 e. The standard InChI is InChI=1S/C20H27FN4O4/c1-20(2)18(27)25(19(28)22-20)7-6-17(26)24-10-8-23(9-11-24)13-14-12-15(21)4-5-16(14)29-3/h4-5,12H,6-11,13H2,1-3H3,(H,22,28)/p+1. The molecule has 2 N–H and O–H groups in total. The predicted molar refractivity (Wildman–Crippen MR) is 103 cm³/mol. The molecule has 4 amide bonds. The fraction of sp³-hybridized carbons (Fsp3) is 0.550. The van der Waals surface area contributed by atoms with Crippen LogP contribution in [-0.4, -0.2) is 73.0 Å². The molecular weight excluding hydrogens is 379 g/mol. The van der Waals surface area contributed by atoms with Gasteiger partial charge < -0.3 is 19.9 Å². The van der Waals surface area contributed by atoms with Gasteiger partial charge >= 0.3 is 6.03 Å². The number of carbonyl (C=O) groups excluding carboxylic acids is 3. The fourth-order valence-electron chi connectivity index (χ4n) is 3.79. The van der Waals surface area contributed by atoms with Gasteiger partial charge in [0, 0.05) is 13.0 Å². The van der Waals surface area contributed by atoms with Crippen molar-refractivity contribution in [1.29, 1.82) is 0 Å². The Kier molecular flexibility index (Phi) is 6.07. The van der Waals surface area contributed by atoms with Crippen LogP contribution in [0.25, 0.3) is 0 Å². The van der Waals surface area contributed by atoms with Gasteiger partial charge in [-0.15, -0.1) is 0 Å². The average molecular weight is 407 g/mol. The number of hydrogen-bond donors (Lipinski definition) is 2. The van der Waals surface area contributed by atoms with E-state index < -0.39 is 11.6 Å². The summed E-state index contributed by atoms with van der Waals surface area (Å²) in [6, 6.07) is 4.04. The maximum Gasteiger partial charge on any atom is 0.325 e. The van der Waals surface area contributed by atoms with Crippen molar-refractivity contribution in [2.75, 3.05) is 39.8 Å². The summed E-state index contributed by atoms with van der Waals surface area (Å²) in [7, 11) is 1.56. The Hall–Kier alpha value is -2.68. The molecule has 158 valence electrons. The van der Waals surface area contributed by atoms with Crippen LogP contribution in [0.3, 0.4) is 0 Å². The van der Waals surface area contributed by atoms with Gasteiger partial charge in [0.25, 0.3) is 5.91 Å². The van der Waals surface area contributed by atoms with E-state index in [1.165, 1.54) is 17.0 Å². The first kappa shape index (κ1) is 21.0. The Morgan fingerprint density at radius 3 is 2.55 bits per heavy atom. The largest absolute Gasteiger partial charge is 0.496 e. The molecule has 2 aliphatic rings. The first-order valence-corrected chi connectivity index (χ1v) is 9.79. The number of urea groups is 1. The highest BCUT2D eigenvalue weighted by Gasteiger charge is 2.44. The lowest BCUT2D eigenvalue weighted by atomic mass is 10.1. The SMILES string of the molecule is COc1ccc(F)cc1C[NH+]1CCN(C(=O)CCN2C(=O)NC(C)(C)C2=O)CC1. The fourth-order valence-corrected chi connectivity index (χ4v) is 3.79. The molecule has 0 radical (unpaired) electrons. The third kappa shape index (κ3) is 4.67. The van der Waals surface area contributed by atoms with Crippen LogP contribution in [0.4, 0.5) is 9.18 Å². The zero-order valence-corrected chi connectivity index (χ0v) is 17.1. The molecular formula is C20H28FN4O4+. The van der Waals surface area contributed by atoms with Crippen LogP contribution in [-0.2, 0) is 16.1 Å². The number of piperazine rings is 1. The average Bonchev–Trinajstić information content (AvgIpc) is 2.87. The van der Waals surface area contributed by atoms with E-state index in [0.717, 1.165) is 23.6 Å². The minimum absolute atomic E-state index is 0.0716. The van der Waals surface area contributed by atoms with Gasteiger partial charge in [-0.25, -0.2) is 9.18 Å². The van der Waals surface area contributed by atoms with Gasteiger partial charge in [-0.3, -0.25) is 14.5 Å². The molecule has 9 heteroatoms. The molecule has 0 bridgehead atoms. The smallest absolute Gasteiger partial charge is 0.325 e. The summed E-state index contributed by atoms with van der Waals surface area (Å²) in [5.41, 5.74) is -0.115. The first-order chi connectivity index (χ1) is 13.7. The molecule has 0 unspecified atom stereocenters. The number of imide groups is 1. The van der Waals surface area contributed by atoms with Crippen molar-refractivity contribution in [1.82, 2.24) is 15.1 Å². The Balaban J connectivity index is 1.48. The Bertz CT molecular complexity index is 806. The quantitative estimate of drug-likeness (QED) is 0.639. The number of rotatable bonds is 6. The zero-order valence-electron chi connectivity index (χ0n) is 17.1. The predicted octanol–water partition coefficient (Wildman–Crippen LogP) is -0.218. The van der Waals surface area contributed by atoms with Gasteiger partial charge in [0.15, 0.2) is 0 Å². The highest BCUT2D eigenvalue weighted by molar-refractivity contribution is 6.06. The normalized spacial score (nSPS) is 19.4. The lowest BCUT2D eigenvalue weighted by Gasteiger charge is -2.32. The summed E-state index contributed by atoms with van der Waals surface area (Å²) < 4.78 is 18.9. The summed E-state index contributed by atoms with van der Waals surface area (Å²) in [6.45, 7) is 6.63. The van der Waals surface area contributed by atoms with Crippen molar-refractivity contribution in [3.05, 3.63) is 29.6 Å². The molecule has 1 aromatic carbocycles. The third-order valence-electron chi connectivity index (χ3n) is 5.50. The summed E-state index contributed by atoms with van der Waals surface area (Å²) in [6.07, 6.45) is 0.113. The molecule has 2 saturated heterocycles. The van der Waals surface area contributed by atoms with Crippen molar-refractivity contribution in [3.8, 4) is 5.75 Å². The highest BCUT2D eigenvalue weighted by Crippen LogP contribution is 2.19. The van der Waals surface area contributed by atoms with Crippen LogP contribution in [0.1, 0.15) is 25.8 Å². The summed E-state index contributed by atoms with van der Waals surface area (Å²) in [4.78, 5) is 40.7. The number of ether oxygens (including phenoxy) is 1. The molecule has 0 saturated carbocycles. The van der Waals surface area contributed by atoms with Crippen LogP contribution in [0, 0.1) is 5.82 Å².